The molecule has 0 bridgehead atoms. The lowest BCUT2D eigenvalue weighted by molar-refractivity contribution is -0.471. The van der Waals surface area contributed by atoms with Gasteiger partial charge in [-0.15, -0.1) is 0 Å². The van der Waals surface area contributed by atoms with E-state index in [4.69, 9.17) is 5.73 Å². The molecule has 0 heterocycles. The van der Waals surface area contributed by atoms with Crippen LogP contribution in [0.25, 0.3) is 0 Å². The minimum atomic E-state index is 0.202. The Labute approximate surface area is 86.3 Å². The van der Waals surface area contributed by atoms with Crippen LogP contribution in [0.3, 0.4) is 0 Å². The van der Waals surface area contributed by atoms with Gasteiger partial charge in [0.2, 0.25) is 0 Å². The van der Waals surface area contributed by atoms with Gasteiger partial charge in [0.1, 0.15) is 0 Å². The monoisotopic (exact) mass is 200 g/mol. The zero-order chi connectivity index (χ0) is 11.3. The van der Waals surface area contributed by atoms with E-state index in [-0.39, 0.29) is 6.04 Å². The summed E-state index contributed by atoms with van der Waals surface area (Å²) >= 11 is 0. The minimum Gasteiger partial charge on any atom is -0.357 e. The topological polar surface area (TPSA) is 56.7 Å². The molecule has 0 amide bonds. The predicted octanol–water partition coefficient (Wildman–Crippen LogP) is -0.511. The molecule has 3 N–H and O–H groups in total. The third-order valence-electron chi connectivity index (χ3n) is 1.48. The fraction of sp³-hybridized carbons (Fsp3) is 0.778. The van der Waals surface area contributed by atoms with Crippen LogP contribution in [0.5, 0.6) is 0 Å². The van der Waals surface area contributed by atoms with Crippen molar-refractivity contribution in [1.82, 2.24) is 10.2 Å². The Bertz CT molecular complexity index is 236. The van der Waals surface area contributed by atoms with Gasteiger partial charge in [0.05, 0.1) is 28.2 Å². The van der Waals surface area contributed by atoms with E-state index in [9.17, 15) is 0 Å². The molecule has 0 aliphatic carbocycles. The van der Waals surface area contributed by atoms with Crippen LogP contribution in [0.2, 0.25) is 0 Å². The SMILES string of the molecule is CC(C)N=C(N)NC(N(C)C)=[N+](C)C. The Balaban J connectivity index is 4.57. The van der Waals surface area contributed by atoms with Gasteiger partial charge in [-0.25, -0.2) is 10.3 Å². The Morgan fingerprint density at radius 3 is 2.14 bits per heavy atom. The molecule has 0 rings (SSSR count). The molecule has 5 nitrogen and oxygen atoms in total. The summed E-state index contributed by atoms with van der Waals surface area (Å²) in [6.07, 6.45) is 0. The van der Waals surface area contributed by atoms with Crippen LogP contribution in [0, 0.1) is 0 Å². The van der Waals surface area contributed by atoms with Crippen molar-refractivity contribution < 1.29 is 4.58 Å². The first kappa shape index (κ1) is 12.7. The number of nitrogens with zero attached hydrogens (tertiary/aromatic N) is 3. The second-order valence-corrected chi connectivity index (χ2v) is 3.85. The molecule has 0 atom stereocenters. The van der Waals surface area contributed by atoms with E-state index in [2.05, 4.69) is 10.3 Å². The van der Waals surface area contributed by atoms with Crippen molar-refractivity contribution in [1.29, 1.82) is 0 Å². The minimum absolute atomic E-state index is 0.202. The van der Waals surface area contributed by atoms with Gasteiger partial charge in [-0.05, 0) is 13.8 Å². The molecule has 0 aromatic heterocycles. The van der Waals surface area contributed by atoms with Crippen LogP contribution in [0.4, 0.5) is 0 Å². The number of aliphatic imine (C=N–C) groups is 1. The predicted molar refractivity (Wildman–Crippen MR) is 60.7 cm³/mol. The van der Waals surface area contributed by atoms with Crippen LogP contribution in [-0.4, -0.2) is 55.6 Å². The number of nitrogens with one attached hydrogen (secondary N) is 1. The van der Waals surface area contributed by atoms with Gasteiger partial charge >= 0.3 is 5.96 Å². The van der Waals surface area contributed by atoms with E-state index in [0.29, 0.717) is 5.96 Å². The highest BCUT2D eigenvalue weighted by atomic mass is 15.3. The summed E-state index contributed by atoms with van der Waals surface area (Å²) in [4.78, 5) is 6.14. The van der Waals surface area contributed by atoms with Crippen molar-refractivity contribution in [3.63, 3.8) is 0 Å². The molecule has 5 heteroatoms. The second kappa shape index (κ2) is 5.47. The summed E-state index contributed by atoms with van der Waals surface area (Å²) in [6, 6.07) is 0.202. The van der Waals surface area contributed by atoms with Crippen LogP contribution in [0.15, 0.2) is 4.99 Å². The average Bonchev–Trinajstić information content (AvgIpc) is 1.97. The molecular formula is C9H22N5+. The van der Waals surface area contributed by atoms with E-state index in [0.717, 1.165) is 5.96 Å². The molecule has 0 radical (unpaired) electrons. The first-order chi connectivity index (χ1) is 6.34. The van der Waals surface area contributed by atoms with Crippen LogP contribution >= 0.6 is 0 Å². The molecule has 82 valence electrons. The highest BCUT2D eigenvalue weighted by molar-refractivity contribution is 5.95. The molecule has 0 spiro atoms. The largest absolute Gasteiger partial charge is 0.357 e. The zero-order valence-corrected chi connectivity index (χ0v) is 10.00. The van der Waals surface area contributed by atoms with Gasteiger partial charge in [0, 0.05) is 6.04 Å². The quantitative estimate of drug-likeness (QED) is 0.340. The molecule has 0 saturated heterocycles. The van der Waals surface area contributed by atoms with Gasteiger partial charge < -0.3 is 5.73 Å². The normalized spacial score (nSPS) is 11.5. The maximum absolute atomic E-state index is 5.72. The van der Waals surface area contributed by atoms with Gasteiger partial charge in [-0.3, -0.25) is 9.48 Å². The number of hydrogen-bond donors (Lipinski definition) is 2. The van der Waals surface area contributed by atoms with Gasteiger partial charge in [0.25, 0.3) is 5.96 Å². The summed E-state index contributed by atoms with van der Waals surface area (Å²) in [5.74, 6) is 1.35. The smallest absolute Gasteiger partial charge is 0.354 e. The van der Waals surface area contributed by atoms with E-state index >= 15 is 0 Å². The van der Waals surface area contributed by atoms with Crippen molar-refractivity contribution in [2.45, 2.75) is 19.9 Å². The lowest BCUT2D eigenvalue weighted by Gasteiger charge is -2.12. The number of guanidine groups is 2. The first-order valence-corrected chi connectivity index (χ1v) is 4.66. The maximum atomic E-state index is 5.72. The summed E-state index contributed by atoms with van der Waals surface area (Å²) in [5.41, 5.74) is 5.72. The molecule has 0 fully saturated rings. The van der Waals surface area contributed by atoms with Gasteiger partial charge in [-0.2, -0.15) is 0 Å². The highest BCUT2D eigenvalue weighted by Crippen LogP contribution is 1.84. The first-order valence-electron chi connectivity index (χ1n) is 4.66. The van der Waals surface area contributed by atoms with Crippen LogP contribution < -0.4 is 11.1 Å². The lowest BCUT2D eigenvalue weighted by Crippen LogP contribution is -2.48. The summed E-state index contributed by atoms with van der Waals surface area (Å²) < 4.78 is 1.95. The Kier molecular flexibility index (Phi) is 4.97. The Morgan fingerprint density at radius 2 is 1.86 bits per heavy atom. The zero-order valence-electron chi connectivity index (χ0n) is 10.00. The molecular weight excluding hydrogens is 178 g/mol. The van der Waals surface area contributed by atoms with Crippen molar-refractivity contribution in [2.75, 3.05) is 28.2 Å². The second-order valence-electron chi connectivity index (χ2n) is 3.85. The van der Waals surface area contributed by atoms with Gasteiger partial charge in [-0.1, -0.05) is 0 Å². The molecule has 0 aromatic rings. The van der Waals surface area contributed by atoms with Crippen LogP contribution in [0.1, 0.15) is 13.8 Å². The summed E-state index contributed by atoms with van der Waals surface area (Å²) in [6.45, 7) is 3.97. The number of nitrogens with two attached hydrogens (primary N) is 1. The van der Waals surface area contributed by atoms with Gasteiger partial charge in [0.15, 0.2) is 0 Å². The standard InChI is InChI=1S/C9H21N5/c1-7(2)11-8(10)12-9(13(3)4)14(5)6/h7H,1-6H3,(H2,10,11)/p+1. The Morgan fingerprint density at radius 1 is 1.36 bits per heavy atom. The molecule has 14 heavy (non-hydrogen) atoms. The van der Waals surface area contributed by atoms with E-state index in [1.165, 1.54) is 0 Å². The number of hydrogen-bond acceptors (Lipinski definition) is 1. The molecule has 0 aliphatic heterocycles. The van der Waals surface area contributed by atoms with Crippen molar-refractivity contribution in [2.24, 2.45) is 10.7 Å². The fourth-order valence-corrected chi connectivity index (χ4v) is 1.05. The third-order valence-corrected chi connectivity index (χ3v) is 1.48. The molecule has 0 unspecified atom stereocenters. The maximum Gasteiger partial charge on any atom is 0.354 e. The van der Waals surface area contributed by atoms with E-state index in [1.807, 2.05) is 51.5 Å². The van der Waals surface area contributed by atoms with Crippen molar-refractivity contribution >= 4 is 11.9 Å². The number of rotatable bonds is 1. The van der Waals surface area contributed by atoms with Crippen molar-refractivity contribution in [3.05, 3.63) is 0 Å². The molecule has 0 aliphatic rings. The molecule has 0 aromatic carbocycles. The summed E-state index contributed by atoms with van der Waals surface area (Å²) in [5, 5.41) is 3.04. The van der Waals surface area contributed by atoms with Crippen molar-refractivity contribution in [3.8, 4) is 0 Å². The third kappa shape index (κ3) is 4.69. The van der Waals surface area contributed by atoms with Crippen LogP contribution in [-0.2, 0) is 0 Å². The highest BCUT2D eigenvalue weighted by Gasteiger charge is 2.12. The average molecular weight is 200 g/mol. The van der Waals surface area contributed by atoms with E-state index < -0.39 is 0 Å². The Hall–Kier alpha value is -1.26. The van der Waals surface area contributed by atoms with E-state index in [1.54, 1.807) is 0 Å². The fourth-order valence-electron chi connectivity index (χ4n) is 1.05. The summed E-state index contributed by atoms with van der Waals surface area (Å²) in [7, 11) is 7.80. The lowest BCUT2D eigenvalue weighted by atomic mass is 10.4. The molecule has 0 saturated carbocycles.